The fraction of sp³-hybridized carbons (Fsp3) is 0.125. The van der Waals surface area contributed by atoms with Gasteiger partial charge >= 0.3 is 6.03 Å². The summed E-state index contributed by atoms with van der Waals surface area (Å²) in [6, 6.07) is 9.08. The number of carbonyl (C=O) groups excluding carboxylic acids is 2. The second-order valence-corrected chi connectivity index (χ2v) is 7.57. The number of anilines is 1. The van der Waals surface area contributed by atoms with Crippen LogP contribution < -0.4 is 20.5 Å². The van der Waals surface area contributed by atoms with Crippen LogP contribution in [0, 0.1) is 0 Å². The van der Waals surface area contributed by atoms with Gasteiger partial charge in [-0.25, -0.2) is 17.9 Å². The Kier molecular flexibility index (Phi) is 6.22. The lowest BCUT2D eigenvalue weighted by atomic mass is 10.2. The molecule has 0 saturated heterocycles. The molecule has 4 N–H and O–H groups in total. The first kappa shape index (κ1) is 19.7. The average molecular weight is 442 g/mol. The van der Waals surface area contributed by atoms with Crippen LogP contribution in [0.15, 0.2) is 51.8 Å². The second-order valence-electron chi connectivity index (χ2n) is 5.03. The molecule has 0 fully saturated rings. The summed E-state index contributed by atoms with van der Waals surface area (Å²) < 4.78 is 32.6. The predicted molar refractivity (Wildman–Crippen MR) is 99.6 cm³/mol. The van der Waals surface area contributed by atoms with Gasteiger partial charge in [0.05, 0.1) is 16.0 Å². The monoisotopic (exact) mass is 441 g/mol. The van der Waals surface area contributed by atoms with Gasteiger partial charge in [0, 0.05) is 11.3 Å². The number of hydrogen-bond acceptors (Lipinski definition) is 5. The van der Waals surface area contributed by atoms with Crippen LogP contribution in [-0.4, -0.2) is 27.0 Å². The maximum absolute atomic E-state index is 12.4. The van der Waals surface area contributed by atoms with Crippen molar-refractivity contribution in [3.05, 3.63) is 52.5 Å². The number of halogens is 1. The van der Waals surface area contributed by atoms with Gasteiger partial charge in [-0.2, -0.15) is 0 Å². The fourth-order valence-electron chi connectivity index (χ4n) is 2.04. The van der Waals surface area contributed by atoms with E-state index in [2.05, 4.69) is 21.2 Å². The Hall–Kier alpha value is -2.59. The third kappa shape index (κ3) is 4.96. The van der Waals surface area contributed by atoms with Gasteiger partial charge in [0.2, 0.25) is 0 Å². The molecule has 0 atom stereocenters. The lowest BCUT2D eigenvalue weighted by Gasteiger charge is -2.10. The van der Waals surface area contributed by atoms with Gasteiger partial charge in [-0.15, -0.1) is 0 Å². The topological polar surface area (TPSA) is 128 Å². The highest BCUT2D eigenvalue weighted by Gasteiger charge is 2.20. The van der Waals surface area contributed by atoms with E-state index in [-0.39, 0.29) is 16.1 Å². The zero-order valence-electron chi connectivity index (χ0n) is 13.7. The van der Waals surface area contributed by atoms with Crippen molar-refractivity contribution in [2.24, 2.45) is 5.73 Å². The maximum atomic E-state index is 12.4. The highest BCUT2D eigenvalue weighted by molar-refractivity contribution is 9.10. The van der Waals surface area contributed by atoms with E-state index in [0.29, 0.717) is 16.8 Å². The van der Waals surface area contributed by atoms with Crippen LogP contribution in [0.25, 0.3) is 0 Å². The molecule has 0 aliphatic rings. The van der Waals surface area contributed by atoms with E-state index in [1.807, 2.05) is 4.72 Å². The van der Waals surface area contributed by atoms with Crippen molar-refractivity contribution in [3.63, 3.8) is 0 Å². The second kappa shape index (κ2) is 8.19. The van der Waals surface area contributed by atoms with Crippen molar-refractivity contribution in [1.29, 1.82) is 0 Å². The van der Waals surface area contributed by atoms with Crippen LogP contribution in [0.1, 0.15) is 17.3 Å². The summed E-state index contributed by atoms with van der Waals surface area (Å²) in [5, 5.41) is 2.31. The molecule has 0 bridgehead atoms. The van der Waals surface area contributed by atoms with Gasteiger partial charge in [-0.1, -0.05) is 6.07 Å². The van der Waals surface area contributed by atoms with Gasteiger partial charge in [-0.3, -0.25) is 4.79 Å². The molecular weight excluding hydrogens is 426 g/mol. The number of ether oxygens (including phenoxy) is 1. The SMILES string of the molecule is CCOc1ccc(S(=O)(=O)NC(=O)c2cccc(NC(N)=O)c2)cc1Br. The number of sulfonamides is 1. The number of urea groups is 1. The molecule has 8 nitrogen and oxygen atoms in total. The van der Waals surface area contributed by atoms with E-state index in [1.54, 1.807) is 6.92 Å². The minimum atomic E-state index is -4.09. The standard InChI is InChI=1S/C16H16BrN3O5S/c1-2-25-14-7-6-12(9-13(14)17)26(23,24)20-15(21)10-4-3-5-11(8-10)19-16(18)22/h3-9H,2H2,1H3,(H,20,21)(H3,18,19,22). The Bertz CT molecular complexity index is 947. The summed E-state index contributed by atoms with van der Waals surface area (Å²) in [6.07, 6.45) is 0. The van der Waals surface area contributed by atoms with E-state index < -0.39 is 22.0 Å². The number of amides is 3. The quantitative estimate of drug-likeness (QED) is 0.633. The average Bonchev–Trinajstić information content (AvgIpc) is 2.56. The third-order valence-electron chi connectivity index (χ3n) is 3.13. The molecule has 2 rings (SSSR count). The van der Waals surface area contributed by atoms with Gasteiger partial charge in [0.1, 0.15) is 5.75 Å². The van der Waals surface area contributed by atoms with Crippen LogP contribution in [-0.2, 0) is 10.0 Å². The number of hydrogen-bond donors (Lipinski definition) is 3. The molecule has 0 aliphatic carbocycles. The Labute approximate surface area is 158 Å². The number of nitrogens with two attached hydrogens (primary N) is 1. The highest BCUT2D eigenvalue weighted by atomic mass is 79.9. The molecule has 2 aromatic rings. The van der Waals surface area contributed by atoms with Crippen LogP contribution in [0.5, 0.6) is 5.75 Å². The number of rotatable bonds is 6. The van der Waals surface area contributed by atoms with Gasteiger partial charge < -0.3 is 15.8 Å². The molecule has 3 amide bonds. The summed E-state index contributed by atoms with van der Waals surface area (Å²) in [6.45, 7) is 2.23. The normalized spacial score (nSPS) is 10.8. The summed E-state index contributed by atoms with van der Waals surface area (Å²) in [7, 11) is -4.09. The van der Waals surface area contributed by atoms with Crippen molar-refractivity contribution in [2.45, 2.75) is 11.8 Å². The van der Waals surface area contributed by atoms with E-state index in [9.17, 15) is 18.0 Å². The first-order chi connectivity index (χ1) is 12.2. The number of nitrogens with one attached hydrogen (secondary N) is 2. The minimum absolute atomic E-state index is 0.0461. The molecule has 0 heterocycles. The van der Waals surface area contributed by atoms with Gasteiger partial charge in [-0.05, 0) is 59.3 Å². The van der Waals surface area contributed by atoms with Crippen molar-refractivity contribution < 1.29 is 22.7 Å². The van der Waals surface area contributed by atoms with Crippen molar-refractivity contribution in [3.8, 4) is 5.75 Å². The number of carbonyl (C=O) groups is 2. The third-order valence-corrected chi connectivity index (χ3v) is 5.08. The lowest BCUT2D eigenvalue weighted by molar-refractivity contribution is 0.0981. The molecular formula is C16H16BrN3O5S. The molecule has 0 spiro atoms. The lowest BCUT2D eigenvalue weighted by Crippen LogP contribution is -2.30. The summed E-state index contributed by atoms with van der Waals surface area (Å²) >= 11 is 3.23. The zero-order valence-corrected chi connectivity index (χ0v) is 16.1. The molecule has 26 heavy (non-hydrogen) atoms. The fourth-order valence-corrected chi connectivity index (χ4v) is 3.69. The van der Waals surface area contributed by atoms with E-state index in [4.69, 9.17) is 10.5 Å². The zero-order chi connectivity index (χ0) is 19.3. The Morgan fingerprint density at radius 3 is 2.54 bits per heavy atom. The van der Waals surface area contributed by atoms with Crippen molar-refractivity contribution in [1.82, 2.24) is 4.72 Å². The molecule has 0 radical (unpaired) electrons. The summed E-state index contributed by atoms with van der Waals surface area (Å²) in [5.41, 5.74) is 5.33. The molecule has 0 aliphatic heterocycles. The Balaban J connectivity index is 2.22. The van der Waals surface area contributed by atoms with Crippen LogP contribution in [0.3, 0.4) is 0 Å². The molecule has 0 saturated carbocycles. The molecule has 2 aromatic carbocycles. The Morgan fingerprint density at radius 2 is 1.92 bits per heavy atom. The first-order valence-corrected chi connectivity index (χ1v) is 9.66. The smallest absolute Gasteiger partial charge is 0.316 e. The van der Waals surface area contributed by atoms with Crippen molar-refractivity contribution in [2.75, 3.05) is 11.9 Å². The number of benzene rings is 2. The first-order valence-electron chi connectivity index (χ1n) is 7.39. The largest absolute Gasteiger partial charge is 0.493 e. The summed E-state index contributed by atoms with van der Waals surface area (Å²) in [4.78, 5) is 23.0. The van der Waals surface area contributed by atoms with Crippen molar-refractivity contribution >= 4 is 43.6 Å². The molecule has 0 aromatic heterocycles. The highest BCUT2D eigenvalue weighted by Crippen LogP contribution is 2.27. The molecule has 10 heteroatoms. The minimum Gasteiger partial charge on any atom is -0.493 e. The van der Waals surface area contributed by atoms with Crippen LogP contribution in [0.2, 0.25) is 0 Å². The van der Waals surface area contributed by atoms with Gasteiger partial charge in [0.25, 0.3) is 15.9 Å². The van der Waals surface area contributed by atoms with E-state index >= 15 is 0 Å². The predicted octanol–water partition coefficient (Wildman–Crippen LogP) is 2.46. The van der Waals surface area contributed by atoms with Gasteiger partial charge in [0.15, 0.2) is 0 Å². The maximum Gasteiger partial charge on any atom is 0.316 e. The Morgan fingerprint density at radius 1 is 1.19 bits per heavy atom. The van der Waals surface area contributed by atoms with E-state index in [1.165, 1.54) is 42.5 Å². The molecule has 0 unspecified atom stereocenters. The number of primary amides is 1. The van der Waals surface area contributed by atoms with E-state index in [0.717, 1.165) is 0 Å². The summed E-state index contributed by atoms with van der Waals surface area (Å²) in [5.74, 6) is -0.355. The molecule has 138 valence electrons. The van der Waals surface area contributed by atoms with Crippen LogP contribution in [0.4, 0.5) is 10.5 Å². The van der Waals surface area contributed by atoms with Crippen LogP contribution >= 0.6 is 15.9 Å².